The van der Waals surface area contributed by atoms with Crippen LogP contribution in [0.3, 0.4) is 0 Å². The number of benzene rings is 1. The number of hydrogen-bond donors (Lipinski definition) is 1. The SMILES string of the molecule is CC(C)CCN(C)C(CN)Cc1ccccc1. The molecule has 0 aliphatic carbocycles. The fourth-order valence-electron chi connectivity index (χ4n) is 1.95. The average Bonchev–Trinajstić information content (AvgIpc) is 2.34. The number of likely N-dealkylation sites (N-methyl/N-ethyl adjacent to an activating group) is 1. The zero-order valence-electron chi connectivity index (χ0n) is 11.4. The maximum absolute atomic E-state index is 5.89. The lowest BCUT2D eigenvalue weighted by atomic mass is 10.0. The first-order valence-corrected chi connectivity index (χ1v) is 6.57. The van der Waals surface area contributed by atoms with E-state index in [1.54, 1.807) is 0 Å². The fourth-order valence-corrected chi connectivity index (χ4v) is 1.95. The van der Waals surface area contributed by atoms with Crippen molar-refractivity contribution in [3.05, 3.63) is 35.9 Å². The van der Waals surface area contributed by atoms with Crippen LogP contribution in [0.25, 0.3) is 0 Å². The molecule has 0 spiro atoms. The van der Waals surface area contributed by atoms with Crippen LogP contribution in [0, 0.1) is 5.92 Å². The Labute approximate surface area is 106 Å². The van der Waals surface area contributed by atoms with Gasteiger partial charge in [0, 0.05) is 12.6 Å². The van der Waals surface area contributed by atoms with E-state index in [1.807, 2.05) is 0 Å². The van der Waals surface area contributed by atoms with E-state index in [9.17, 15) is 0 Å². The molecule has 17 heavy (non-hydrogen) atoms. The molecule has 0 fully saturated rings. The molecular weight excluding hydrogens is 208 g/mol. The van der Waals surface area contributed by atoms with Gasteiger partial charge in [0.15, 0.2) is 0 Å². The van der Waals surface area contributed by atoms with Gasteiger partial charge in [0.25, 0.3) is 0 Å². The second kappa shape index (κ2) is 7.46. The third kappa shape index (κ3) is 5.33. The van der Waals surface area contributed by atoms with E-state index in [0.717, 1.165) is 25.4 Å². The van der Waals surface area contributed by atoms with Crippen molar-refractivity contribution in [3.8, 4) is 0 Å². The van der Waals surface area contributed by atoms with Crippen molar-refractivity contribution < 1.29 is 0 Å². The predicted octanol–water partition coefficient (Wildman–Crippen LogP) is 2.53. The summed E-state index contributed by atoms with van der Waals surface area (Å²) in [5.74, 6) is 0.757. The lowest BCUT2D eigenvalue weighted by Gasteiger charge is -2.27. The minimum Gasteiger partial charge on any atom is -0.329 e. The maximum atomic E-state index is 5.89. The Bertz CT molecular complexity index is 295. The molecule has 1 atom stereocenters. The minimum absolute atomic E-state index is 0.455. The zero-order valence-corrected chi connectivity index (χ0v) is 11.4. The number of nitrogens with two attached hydrogens (primary N) is 1. The van der Waals surface area contributed by atoms with Crippen LogP contribution in [0.5, 0.6) is 0 Å². The number of nitrogens with zero attached hydrogens (tertiary/aromatic N) is 1. The van der Waals surface area contributed by atoms with E-state index in [1.165, 1.54) is 12.0 Å². The fraction of sp³-hybridized carbons (Fsp3) is 0.600. The monoisotopic (exact) mass is 234 g/mol. The van der Waals surface area contributed by atoms with Crippen molar-refractivity contribution in [2.75, 3.05) is 20.1 Å². The highest BCUT2D eigenvalue weighted by molar-refractivity contribution is 5.16. The van der Waals surface area contributed by atoms with E-state index in [-0.39, 0.29) is 0 Å². The van der Waals surface area contributed by atoms with Gasteiger partial charge in [-0.05, 0) is 37.9 Å². The van der Waals surface area contributed by atoms with Gasteiger partial charge in [-0.3, -0.25) is 0 Å². The summed E-state index contributed by atoms with van der Waals surface area (Å²) >= 11 is 0. The Morgan fingerprint density at radius 2 is 1.82 bits per heavy atom. The van der Waals surface area contributed by atoms with Gasteiger partial charge in [0.2, 0.25) is 0 Å². The molecule has 1 aromatic carbocycles. The first-order valence-electron chi connectivity index (χ1n) is 6.57. The van der Waals surface area contributed by atoms with Crippen molar-refractivity contribution in [3.63, 3.8) is 0 Å². The summed E-state index contributed by atoms with van der Waals surface area (Å²) in [5.41, 5.74) is 7.26. The Morgan fingerprint density at radius 3 is 2.35 bits per heavy atom. The molecule has 0 aliphatic rings. The summed E-state index contributed by atoms with van der Waals surface area (Å²) in [5, 5.41) is 0. The summed E-state index contributed by atoms with van der Waals surface area (Å²) in [6, 6.07) is 11.1. The lowest BCUT2D eigenvalue weighted by molar-refractivity contribution is 0.232. The van der Waals surface area contributed by atoms with Gasteiger partial charge in [-0.25, -0.2) is 0 Å². The maximum Gasteiger partial charge on any atom is 0.0255 e. The first kappa shape index (κ1) is 14.2. The van der Waals surface area contributed by atoms with Crippen molar-refractivity contribution in [2.45, 2.75) is 32.7 Å². The second-order valence-corrected chi connectivity index (χ2v) is 5.24. The Morgan fingerprint density at radius 1 is 1.18 bits per heavy atom. The molecule has 2 N–H and O–H groups in total. The van der Waals surface area contributed by atoms with Gasteiger partial charge >= 0.3 is 0 Å². The molecule has 0 amide bonds. The van der Waals surface area contributed by atoms with Gasteiger partial charge in [-0.2, -0.15) is 0 Å². The van der Waals surface area contributed by atoms with Gasteiger partial charge in [-0.1, -0.05) is 44.2 Å². The Balaban J connectivity index is 2.47. The van der Waals surface area contributed by atoms with Crippen molar-refractivity contribution >= 4 is 0 Å². The van der Waals surface area contributed by atoms with Crippen LogP contribution in [0.4, 0.5) is 0 Å². The molecule has 1 aromatic rings. The van der Waals surface area contributed by atoms with E-state index in [4.69, 9.17) is 5.73 Å². The molecule has 0 bridgehead atoms. The standard InChI is InChI=1S/C15H26N2/c1-13(2)9-10-17(3)15(12-16)11-14-7-5-4-6-8-14/h4-8,13,15H,9-12,16H2,1-3H3. The molecular formula is C15H26N2. The summed E-state index contributed by atoms with van der Waals surface area (Å²) < 4.78 is 0. The van der Waals surface area contributed by atoms with Crippen molar-refractivity contribution in [1.82, 2.24) is 4.90 Å². The molecule has 96 valence electrons. The Hall–Kier alpha value is -0.860. The van der Waals surface area contributed by atoms with Gasteiger partial charge in [-0.15, -0.1) is 0 Å². The topological polar surface area (TPSA) is 29.3 Å². The zero-order chi connectivity index (χ0) is 12.7. The second-order valence-electron chi connectivity index (χ2n) is 5.24. The molecule has 0 aromatic heterocycles. The molecule has 0 aliphatic heterocycles. The van der Waals surface area contributed by atoms with Crippen molar-refractivity contribution in [2.24, 2.45) is 11.7 Å². The summed E-state index contributed by atoms with van der Waals surface area (Å²) in [6.45, 7) is 6.39. The van der Waals surface area contributed by atoms with Crippen LogP contribution in [0.1, 0.15) is 25.8 Å². The normalized spacial score (nSPS) is 13.3. The lowest BCUT2D eigenvalue weighted by Crippen LogP contribution is -2.40. The van der Waals surface area contributed by atoms with E-state index >= 15 is 0 Å². The third-order valence-corrected chi connectivity index (χ3v) is 3.27. The summed E-state index contributed by atoms with van der Waals surface area (Å²) in [7, 11) is 2.18. The van der Waals surface area contributed by atoms with Gasteiger partial charge in [0.05, 0.1) is 0 Å². The highest BCUT2D eigenvalue weighted by Gasteiger charge is 2.13. The van der Waals surface area contributed by atoms with Crippen LogP contribution < -0.4 is 5.73 Å². The van der Waals surface area contributed by atoms with Crippen LogP contribution >= 0.6 is 0 Å². The molecule has 0 radical (unpaired) electrons. The highest BCUT2D eigenvalue weighted by atomic mass is 15.1. The van der Waals surface area contributed by atoms with Crippen LogP contribution in [-0.4, -0.2) is 31.1 Å². The van der Waals surface area contributed by atoms with E-state index in [0.29, 0.717) is 6.04 Å². The van der Waals surface area contributed by atoms with Gasteiger partial charge < -0.3 is 10.6 Å². The number of hydrogen-bond acceptors (Lipinski definition) is 2. The van der Waals surface area contributed by atoms with Gasteiger partial charge in [0.1, 0.15) is 0 Å². The molecule has 1 rings (SSSR count). The average molecular weight is 234 g/mol. The quantitative estimate of drug-likeness (QED) is 0.785. The van der Waals surface area contributed by atoms with Crippen molar-refractivity contribution in [1.29, 1.82) is 0 Å². The minimum atomic E-state index is 0.455. The smallest absolute Gasteiger partial charge is 0.0255 e. The van der Waals surface area contributed by atoms with Crippen LogP contribution in [0.15, 0.2) is 30.3 Å². The molecule has 2 heteroatoms. The predicted molar refractivity (Wildman–Crippen MR) is 75.1 cm³/mol. The molecule has 0 saturated heterocycles. The molecule has 0 saturated carbocycles. The molecule has 1 unspecified atom stereocenters. The van der Waals surface area contributed by atoms with Crippen LogP contribution in [-0.2, 0) is 6.42 Å². The van der Waals surface area contributed by atoms with E-state index in [2.05, 4.69) is 56.1 Å². The summed E-state index contributed by atoms with van der Waals surface area (Å²) in [4.78, 5) is 2.40. The third-order valence-electron chi connectivity index (χ3n) is 3.27. The Kier molecular flexibility index (Phi) is 6.23. The van der Waals surface area contributed by atoms with E-state index < -0.39 is 0 Å². The number of rotatable bonds is 7. The first-order chi connectivity index (χ1) is 8.13. The largest absolute Gasteiger partial charge is 0.329 e. The molecule has 2 nitrogen and oxygen atoms in total. The summed E-state index contributed by atoms with van der Waals surface area (Å²) in [6.07, 6.45) is 2.29. The highest BCUT2D eigenvalue weighted by Crippen LogP contribution is 2.09. The molecule has 0 heterocycles. The van der Waals surface area contributed by atoms with Crippen LogP contribution in [0.2, 0.25) is 0 Å².